The summed E-state index contributed by atoms with van der Waals surface area (Å²) in [7, 11) is 0. The summed E-state index contributed by atoms with van der Waals surface area (Å²) in [5, 5.41) is 0. The molecule has 1 aliphatic rings. The summed E-state index contributed by atoms with van der Waals surface area (Å²) >= 11 is 0. The van der Waals surface area contributed by atoms with E-state index in [1.54, 1.807) is 18.7 Å². The van der Waals surface area contributed by atoms with Gasteiger partial charge in [-0.05, 0) is 31.9 Å². The average molecular weight is 273 g/mol. The van der Waals surface area contributed by atoms with Crippen LogP contribution in [-0.4, -0.2) is 18.5 Å². The number of amides is 1. The highest BCUT2D eigenvalue weighted by atomic mass is 16.5. The molecule has 106 valence electrons. The summed E-state index contributed by atoms with van der Waals surface area (Å²) in [5.74, 6) is -0.429. The minimum absolute atomic E-state index is 0.00856. The minimum atomic E-state index is -0.328. The SMILES string of the molecule is CCOC(=O)C1=C(C)N(c2ccccc2)C(=O)CC1C. The van der Waals surface area contributed by atoms with Crippen molar-refractivity contribution in [1.82, 2.24) is 0 Å². The van der Waals surface area contributed by atoms with E-state index in [-0.39, 0.29) is 17.8 Å². The van der Waals surface area contributed by atoms with E-state index in [0.717, 1.165) is 5.69 Å². The average Bonchev–Trinajstić information content (AvgIpc) is 2.39. The predicted octanol–water partition coefficient (Wildman–Crippen LogP) is 2.90. The Kier molecular flexibility index (Phi) is 4.23. The first-order chi connectivity index (χ1) is 9.56. The van der Waals surface area contributed by atoms with E-state index >= 15 is 0 Å². The molecule has 20 heavy (non-hydrogen) atoms. The van der Waals surface area contributed by atoms with Crippen LogP contribution in [0.2, 0.25) is 0 Å². The molecule has 1 heterocycles. The number of anilines is 1. The van der Waals surface area contributed by atoms with E-state index in [0.29, 0.717) is 24.3 Å². The topological polar surface area (TPSA) is 46.6 Å². The van der Waals surface area contributed by atoms with Gasteiger partial charge in [-0.15, -0.1) is 0 Å². The van der Waals surface area contributed by atoms with Gasteiger partial charge in [0.2, 0.25) is 5.91 Å². The maximum Gasteiger partial charge on any atom is 0.336 e. The van der Waals surface area contributed by atoms with Gasteiger partial charge in [-0.3, -0.25) is 9.69 Å². The lowest BCUT2D eigenvalue weighted by Gasteiger charge is -2.32. The Morgan fingerprint density at radius 1 is 1.35 bits per heavy atom. The maximum absolute atomic E-state index is 12.3. The molecule has 0 saturated heterocycles. The Morgan fingerprint density at radius 3 is 2.60 bits per heavy atom. The smallest absolute Gasteiger partial charge is 0.336 e. The van der Waals surface area contributed by atoms with E-state index in [4.69, 9.17) is 4.74 Å². The number of carbonyl (C=O) groups excluding carboxylic acids is 2. The van der Waals surface area contributed by atoms with Crippen LogP contribution in [0, 0.1) is 5.92 Å². The highest BCUT2D eigenvalue weighted by Gasteiger charge is 2.34. The van der Waals surface area contributed by atoms with Crippen molar-refractivity contribution in [3.8, 4) is 0 Å². The molecule has 0 N–H and O–H groups in total. The van der Waals surface area contributed by atoms with Gasteiger partial charge in [0.25, 0.3) is 0 Å². The molecule has 1 aromatic carbocycles. The number of esters is 1. The van der Waals surface area contributed by atoms with Crippen molar-refractivity contribution in [3.63, 3.8) is 0 Å². The van der Waals surface area contributed by atoms with Crippen LogP contribution in [0.1, 0.15) is 27.2 Å². The molecular weight excluding hydrogens is 254 g/mol. The molecule has 2 rings (SSSR count). The molecule has 1 amide bonds. The van der Waals surface area contributed by atoms with E-state index < -0.39 is 0 Å². The van der Waals surface area contributed by atoms with Crippen LogP contribution in [0.3, 0.4) is 0 Å². The fourth-order valence-corrected chi connectivity index (χ4v) is 2.59. The highest BCUT2D eigenvalue weighted by molar-refractivity contribution is 6.03. The first-order valence-corrected chi connectivity index (χ1v) is 6.82. The Balaban J connectivity index is 2.46. The monoisotopic (exact) mass is 273 g/mol. The third-order valence-electron chi connectivity index (χ3n) is 3.46. The van der Waals surface area contributed by atoms with Crippen LogP contribution >= 0.6 is 0 Å². The molecule has 0 aromatic heterocycles. The van der Waals surface area contributed by atoms with Crippen molar-refractivity contribution in [2.75, 3.05) is 11.5 Å². The van der Waals surface area contributed by atoms with Crippen molar-refractivity contribution >= 4 is 17.6 Å². The molecule has 1 unspecified atom stereocenters. The first kappa shape index (κ1) is 14.3. The number of ether oxygens (including phenoxy) is 1. The molecular formula is C16H19NO3. The zero-order valence-electron chi connectivity index (χ0n) is 12.1. The molecule has 1 aliphatic heterocycles. The van der Waals surface area contributed by atoms with Crippen LogP contribution in [0.25, 0.3) is 0 Å². The van der Waals surface area contributed by atoms with Gasteiger partial charge in [-0.2, -0.15) is 0 Å². The van der Waals surface area contributed by atoms with Crippen molar-refractivity contribution in [3.05, 3.63) is 41.6 Å². The first-order valence-electron chi connectivity index (χ1n) is 6.82. The molecule has 0 aliphatic carbocycles. The number of hydrogen-bond acceptors (Lipinski definition) is 3. The molecule has 4 nitrogen and oxygen atoms in total. The number of carbonyl (C=O) groups is 2. The number of nitrogens with zero attached hydrogens (tertiary/aromatic N) is 1. The van der Waals surface area contributed by atoms with Crippen LogP contribution in [-0.2, 0) is 14.3 Å². The lowest BCUT2D eigenvalue weighted by Crippen LogP contribution is -2.38. The van der Waals surface area contributed by atoms with E-state index in [2.05, 4.69) is 0 Å². The van der Waals surface area contributed by atoms with Gasteiger partial charge >= 0.3 is 5.97 Å². The predicted molar refractivity (Wildman–Crippen MR) is 77.0 cm³/mol. The zero-order chi connectivity index (χ0) is 14.7. The molecule has 0 radical (unpaired) electrons. The molecule has 1 atom stereocenters. The van der Waals surface area contributed by atoms with Crippen molar-refractivity contribution in [1.29, 1.82) is 0 Å². The summed E-state index contributed by atoms with van der Waals surface area (Å²) in [6.45, 7) is 5.80. The van der Waals surface area contributed by atoms with Crippen LogP contribution in [0.4, 0.5) is 5.69 Å². The van der Waals surface area contributed by atoms with Gasteiger partial charge in [0.05, 0.1) is 12.2 Å². The quantitative estimate of drug-likeness (QED) is 0.795. The third kappa shape index (κ3) is 2.59. The van der Waals surface area contributed by atoms with Crippen molar-refractivity contribution in [2.24, 2.45) is 5.92 Å². The zero-order valence-corrected chi connectivity index (χ0v) is 12.1. The van der Waals surface area contributed by atoms with Crippen LogP contribution in [0.5, 0.6) is 0 Å². The second-order valence-electron chi connectivity index (χ2n) is 4.89. The number of para-hydroxylation sites is 1. The molecule has 0 saturated carbocycles. The summed E-state index contributed by atoms with van der Waals surface area (Å²) in [4.78, 5) is 26.0. The van der Waals surface area contributed by atoms with Gasteiger partial charge in [-0.25, -0.2) is 4.79 Å². The Bertz CT molecular complexity index is 548. The Labute approximate surface area is 119 Å². The number of hydrogen-bond donors (Lipinski definition) is 0. The third-order valence-corrected chi connectivity index (χ3v) is 3.46. The van der Waals surface area contributed by atoms with Crippen molar-refractivity contribution < 1.29 is 14.3 Å². The lowest BCUT2D eigenvalue weighted by molar-refractivity contribution is -0.139. The van der Waals surface area contributed by atoms with Gasteiger partial charge in [0.15, 0.2) is 0 Å². The van der Waals surface area contributed by atoms with E-state index in [1.807, 2.05) is 37.3 Å². The van der Waals surface area contributed by atoms with Gasteiger partial charge in [0, 0.05) is 17.8 Å². The standard InChI is InChI=1S/C16H19NO3/c1-4-20-16(19)15-11(2)10-14(18)17(12(15)3)13-8-6-5-7-9-13/h5-9,11H,4,10H2,1-3H3. The van der Waals surface area contributed by atoms with Crippen molar-refractivity contribution in [2.45, 2.75) is 27.2 Å². The highest BCUT2D eigenvalue weighted by Crippen LogP contribution is 2.32. The molecule has 0 spiro atoms. The minimum Gasteiger partial charge on any atom is -0.463 e. The second-order valence-corrected chi connectivity index (χ2v) is 4.89. The van der Waals surface area contributed by atoms with Crippen LogP contribution < -0.4 is 4.90 Å². The summed E-state index contributed by atoms with van der Waals surface area (Å²) in [5.41, 5.74) is 2.04. The Hall–Kier alpha value is -2.10. The number of allylic oxidation sites excluding steroid dienone is 1. The molecule has 4 heteroatoms. The molecule has 0 fully saturated rings. The largest absolute Gasteiger partial charge is 0.463 e. The van der Waals surface area contributed by atoms with Gasteiger partial charge in [0.1, 0.15) is 0 Å². The normalized spacial score (nSPS) is 19.2. The second kappa shape index (κ2) is 5.90. The van der Waals surface area contributed by atoms with Crippen LogP contribution in [0.15, 0.2) is 41.6 Å². The summed E-state index contributed by atoms with van der Waals surface area (Å²) in [6, 6.07) is 9.36. The lowest BCUT2D eigenvalue weighted by atomic mass is 9.90. The van der Waals surface area contributed by atoms with E-state index in [1.165, 1.54) is 0 Å². The molecule has 0 bridgehead atoms. The fraction of sp³-hybridized carbons (Fsp3) is 0.375. The maximum atomic E-state index is 12.3. The Morgan fingerprint density at radius 2 is 2.00 bits per heavy atom. The summed E-state index contributed by atoms with van der Waals surface area (Å²) < 4.78 is 5.11. The van der Waals surface area contributed by atoms with Gasteiger partial charge < -0.3 is 4.74 Å². The number of benzene rings is 1. The fourth-order valence-electron chi connectivity index (χ4n) is 2.59. The van der Waals surface area contributed by atoms with E-state index in [9.17, 15) is 9.59 Å². The van der Waals surface area contributed by atoms with Gasteiger partial charge in [-0.1, -0.05) is 25.1 Å². The number of rotatable bonds is 3. The summed E-state index contributed by atoms with van der Waals surface area (Å²) in [6.07, 6.45) is 0.320. The molecule has 1 aromatic rings.